The molecule has 5 heteroatoms. The van der Waals surface area contributed by atoms with Crippen molar-refractivity contribution in [1.82, 2.24) is 0 Å². The smallest absolute Gasteiger partial charge is 0.253 e. The standard InChI is InChI=1S/C5H5F2NO2/c6-3-1-2(9)4(10)5(7)8-3/h2,5,9H,1H2. The average Bonchev–Trinajstić information content (AvgIpc) is 1.82. The minimum Gasteiger partial charge on any atom is -0.385 e. The van der Waals surface area contributed by atoms with Crippen LogP contribution in [0, 0.1) is 0 Å². The van der Waals surface area contributed by atoms with Gasteiger partial charge in [-0.1, -0.05) is 0 Å². The van der Waals surface area contributed by atoms with Crippen molar-refractivity contribution in [2.24, 2.45) is 4.99 Å². The monoisotopic (exact) mass is 149 g/mol. The predicted octanol–water partition coefficient (Wildman–Crippen LogP) is -0.0163. The third-order valence-corrected chi connectivity index (χ3v) is 1.18. The highest BCUT2D eigenvalue weighted by molar-refractivity contribution is 5.95. The quantitative estimate of drug-likeness (QED) is 0.492. The minimum atomic E-state index is -2.22. The van der Waals surface area contributed by atoms with Gasteiger partial charge in [-0.05, 0) is 0 Å². The number of hydrogen-bond acceptors (Lipinski definition) is 3. The van der Waals surface area contributed by atoms with Crippen LogP contribution in [-0.4, -0.2) is 29.3 Å². The lowest BCUT2D eigenvalue weighted by Gasteiger charge is -2.13. The van der Waals surface area contributed by atoms with Gasteiger partial charge in [-0.2, -0.15) is 4.39 Å². The summed E-state index contributed by atoms with van der Waals surface area (Å²) >= 11 is 0. The number of aliphatic hydroxyl groups excluding tert-OH is 1. The summed E-state index contributed by atoms with van der Waals surface area (Å²) in [6, 6.07) is 0. The molecule has 0 aromatic heterocycles. The van der Waals surface area contributed by atoms with Gasteiger partial charge < -0.3 is 5.11 Å². The maximum absolute atomic E-state index is 12.1. The molecule has 1 rings (SSSR count). The Kier molecular flexibility index (Phi) is 1.76. The minimum absolute atomic E-state index is 0.501. The van der Waals surface area contributed by atoms with Crippen LogP contribution in [0.25, 0.3) is 0 Å². The lowest BCUT2D eigenvalue weighted by Crippen LogP contribution is -2.34. The van der Waals surface area contributed by atoms with Gasteiger partial charge in [0.2, 0.25) is 5.78 Å². The number of rotatable bonds is 0. The summed E-state index contributed by atoms with van der Waals surface area (Å²) in [7, 11) is 0. The first-order valence-corrected chi connectivity index (χ1v) is 2.69. The van der Waals surface area contributed by atoms with E-state index in [1.807, 2.05) is 0 Å². The normalized spacial score (nSPS) is 33.9. The molecule has 0 saturated heterocycles. The molecule has 0 saturated carbocycles. The topological polar surface area (TPSA) is 49.7 Å². The van der Waals surface area contributed by atoms with Crippen LogP contribution >= 0.6 is 0 Å². The zero-order chi connectivity index (χ0) is 7.72. The maximum Gasteiger partial charge on any atom is 0.253 e. The largest absolute Gasteiger partial charge is 0.385 e. The second-order valence-electron chi connectivity index (χ2n) is 1.96. The van der Waals surface area contributed by atoms with Gasteiger partial charge in [0.1, 0.15) is 6.10 Å². The summed E-state index contributed by atoms with van der Waals surface area (Å²) in [6.45, 7) is 0. The molecule has 3 nitrogen and oxygen atoms in total. The van der Waals surface area contributed by atoms with Crippen LogP contribution in [0.1, 0.15) is 6.42 Å². The Morgan fingerprint density at radius 1 is 1.70 bits per heavy atom. The molecule has 0 aromatic carbocycles. The van der Waals surface area contributed by atoms with Crippen LogP contribution in [-0.2, 0) is 4.79 Å². The molecule has 0 spiro atoms. The lowest BCUT2D eigenvalue weighted by atomic mass is 10.1. The SMILES string of the molecule is O=C1C(O)CC(F)=NC1F. The number of aliphatic imine (C=N–C) groups is 1. The number of ketones is 1. The van der Waals surface area contributed by atoms with Crippen LogP contribution in [0.5, 0.6) is 0 Å². The van der Waals surface area contributed by atoms with E-state index in [1.165, 1.54) is 0 Å². The molecule has 56 valence electrons. The fourth-order valence-corrected chi connectivity index (χ4v) is 0.658. The Labute approximate surface area is 55.4 Å². The highest BCUT2D eigenvalue weighted by Gasteiger charge is 2.31. The molecule has 2 atom stereocenters. The number of aliphatic hydroxyl groups is 1. The van der Waals surface area contributed by atoms with Crippen molar-refractivity contribution in [3.05, 3.63) is 0 Å². The summed E-state index contributed by atoms with van der Waals surface area (Å²) < 4.78 is 24.2. The molecule has 10 heavy (non-hydrogen) atoms. The molecular formula is C5H5F2NO2. The van der Waals surface area contributed by atoms with Crippen LogP contribution in [0.15, 0.2) is 4.99 Å². The van der Waals surface area contributed by atoms with Crippen LogP contribution < -0.4 is 0 Å². The van der Waals surface area contributed by atoms with Crippen molar-refractivity contribution in [2.75, 3.05) is 0 Å². The molecule has 0 amide bonds. The Morgan fingerprint density at radius 2 is 2.30 bits per heavy atom. The molecule has 0 radical (unpaired) electrons. The Morgan fingerprint density at radius 3 is 2.80 bits per heavy atom. The van der Waals surface area contributed by atoms with E-state index >= 15 is 0 Å². The molecule has 0 aliphatic carbocycles. The third kappa shape index (κ3) is 1.18. The number of alkyl halides is 1. The van der Waals surface area contributed by atoms with Crippen molar-refractivity contribution in [1.29, 1.82) is 0 Å². The summed E-state index contributed by atoms with van der Waals surface area (Å²) in [4.78, 5) is 13.1. The summed E-state index contributed by atoms with van der Waals surface area (Å²) in [5.41, 5.74) is 0. The van der Waals surface area contributed by atoms with Crippen molar-refractivity contribution >= 4 is 11.7 Å². The highest BCUT2D eigenvalue weighted by Crippen LogP contribution is 2.12. The molecule has 1 heterocycles. The number of nitrogens with zero attached hydrogens (tertiary/aromatic N) is 1. The first-order valence-electron chi connectivity index (χ1n) is 2.69. The number of hydrogen-bond donors (Lipinski definition) is 1. The first-order chi connectivity index (χ1) is 4.61. The number of halogens is 2. The van der Waals surface area contributed by atoms with Gasteiger partial charge in [0, 0.05) is 0 Å². The van der Waals surface area contributed by atoms with Gasteiger partial charge in [-0.3, -0.25) is 4.79 Å². The van der Waals surface area contributed by atoms with Crippen LogP contribution in [0.4, 0.5) is 8.78 Å². The number of Topliss-reactive ketones (excluding diaryl/α,β-unsaturated/α-hetero) is 1. The number of carbonyl (C=O) groups excluding carboxylic acids is 1. The van der Waals surface area contributed by atoms with Gasteiger partial charge >= 0.3 is 0 Å². The van der Waals surface area contributed by atoms with Crippen LogP contribution in [0.3, 0.4) is 0 Å². The maximum atomic E-state index is 12.1. The van der Waals surface area contributed by atoms with Crippen LogP contribution in [0.2, 0.25) is 0 Å². The number of carbonyl (C=O) groups is 1. The van der Waals surface area contributed by atoms with E-state index in [1.54, 1.807) is 0 Å². The van der Waals surface area contributed by atoms with Crippen molar-refractivity contribution in [3.8, 4) is 0 Å². The van der Waals surface area contributed by atoms with E-state index in [2.05, 4.69) is 4.99 Å². The Balaban J connectivity index is 2.79. The van der Waals surface area contributed by atoms with Gasteiger partial charge in [0.05, 0.1) is 6.42 Å². The van der Waals surface area contributed by atoms with Gasteiger partial charge in [0.15, 0.2) is 5.97 Å². The van der Waals surface area contributed by atoms with E-state index in [0.29, 0.717) is 0 Å². The van der Waals surface area contributed by atoms with Gasteiger partial charge in [0.25, 0.3) is 6.30 Å². The summed E-state index contributed by atoms with van der Waals surface area (Å²) in [5.74, 6) is -2.08. The van der Waals surface area contributed by atoms with Crippen molar-refractivity contribution in [3.63, 3.8) is 0 Å². The Hall–Kier alpha value is -0.840. The summed E-state index contributed by atoms with van der Waals surface area (Å²) in [5, 5.41) is 8.61. The molecule has 0 fully saturated rings. The fraction of sp³-hybridized carbons (Fsp3) is 0.600. The Bertz CT molecular complexity index is 192. The molecule has 1 N–H and O–H groups in total. The zero-order valence-corrected chi connectivity index (χ0v) is 4.92. The van der Waals surface area contributed by atoms with E-state index in [-0.39, 0.29) is 0 Å². The summed E-state index contributed by atoms with van der Waals surface area (Å²) in [6.07, 6.45) is -4.28. The van der Waals surface area contributed by atoms with E-state index in [4.69, 9.17) is 5.11 Å². The molecular weight excluding hydrogens is 144 g/mol. The third-order valence-electron chi connectivity index (χ3n) is 1.18. The lowest BCUT2D eigenvalue weighted by molar-refractivity contribution is -0.132. The molecule has 1 aliphatic rings. The molecule has 2 unspecified atom stereocenters. The molecule has 0 aromatic rings. The predicted molar refractivity (Wildman–Crippen MR) is 29.1 cm³/mol. The van der Waals surface area contributed by atoms with E-state index in [9.17, 15) is 13.6 Å². The molecule has 1 aliphatic heterocycles. The first kappa shape index (κ1) is 7.27. The molecule has 0 bridgehead atoms. The second-order valence-corrected chi connectivity index (χ2v) is 1.96. The average molecular weight is 149 g/mol. The zero-order valence-electron chi connectivity index (χ0n) is 4.92. The van der Waals surface area contributed by atoms with Crippen molar-refractivity contribution < 1.29 is 18.7 Å². The van der Waals surface area contributed by atoms with Gasteiger partial charge in [-0.15, -0.1) is 0 Å². The van der Waals surface area contributed by atoms with E-state index in [0.717, 1.165) is 0 Å². The van der Waals surface area contributed by atoms with E-state index < -0.39 is 30.6 Å². The van der Waals surface area contributed by atoms with Gasteiger partial charge in [-0.25, -0.2) is 9.38 Å². The highest BCUT2D eigenvalue weighted by atomic mass is 19.1. The fourth-order valence-electron chi connectivity index (χ4n) is 0.658. The second kappa shape index (κ2) is 2.42. The van der Waals surface area contributed by atoms with Crippen molar-refractivity contribution in [2.45, 2.75) is 18.8 Å².